The van der Waals surface area contributed by atoms with E-state index < -0.39 is 17.8 Å². The summed E-state index contributed by atoms with van der Waals surface area (Å²) in [7, 11) is 1.49. The molecule has 3 aromatic rings. The molecule has 0 atom stereocenters. The first-order valence-electron chi connectivity index (χ1n) is 10.1. The molecule has 172 valence electrons. The zero-order valence-corrected chi connectivity index (χ0v) is 20.2. The number of halogens is 2. The van der Waals surface area contributed by atoms with Crippen molar-refractivity contribution in [2.45, 2.75) is 6.61 Å². The minimum atomic E-state index is -0.837. The molecule has 9 heteroatoms. The van der Waals surface area contributed by atoms with Crippen molar-refractivity contribution >= 4 is 57.1 Å². The zero-order valence-electron chi connectivity index (χ0n) is 17.9. The van der Waals surface area contributed by atoms with E-state index in [1.54, 1.807) is 24.3 Å². The van der Waals surface area contributed by atoms with Gasteiger partial charge in [-0.3, -0.25) is 14.9 Å². The average Bonchev–Trinajstić information content (AvgIpc) is 2.83. The number of imide groups is 2. The molecule has 0 saturated carbocycles. The standard InChI is InChI=1S/C25H18BrClN2O5/c1-33-21-12-16(20(26)13-22(21)34-14-15-5-3-2-4-6-15)11-19-23(30)28-25(32)29(24(19)31)18-9-7-17(27)8-10-18/h2-13H,14H2,1H3,(H,28,30,32)/b19-11+. The molecule has 1 saturated heterocycles. The number of anilines is 1. The highest BCUT2D eigenvalue weighted by atomic mass is 79.9. The molecule has 0 aliphatic carbocycles. The van der Waals surface area contributed by atoms with Crippen LogP contribution in [0.5, 0.6) is 11.5 Å². The van der Waals surface area contributed by atoms with Gasteiger partial charge >= 0.3 is 6.03 Å². The number of urea groups is 1. The SMILES string of the molecule is COc1cc(/C=C2\C(=O)NC(=O)N(c3ccc(Cl)cc3)C2=O)c(Br)cc1OCc1ccccc1. The summed E-state index contributed by atoms with van der Waals surface area (Å²) in [4.78, 5) is 38.8. The molecule has 0 aromatic heterocycles. The van der Waals surface area contributed by atoms with E-state index in [1.165, 1.54) is 25.3 Å². The van der Waals surface area contributed by atoms with Crippen LogP contribution in [0.4, 0.5) is 10.5 Å². The number of hydrogen-bond donors (Lipinski definition) is 1. The fourth-order valence-corrected chi connectivity index (χ4v) is 3.87. The maximum Gasteiger partial charge on any atom is 0.335 e. The average molecular weight is 542 g/mol. The lowest BCUT2D eigenvalue weighted by Gasteiger charge is -2.26. The summed E-state index contributed by atoms with van der Waals surface area (Å²) in [6, 6.07) is 18.3. The van der Waals surface area contributed by atoms with Gasteiger partial charge in [-0.25, -0.2) is 9.69 Å². The van der Waals surface area contributed by atoms with Crippen molar-refractivity contribution in [2.24, 2.45) is 0 Å². The molecule has 1 aliphatic rings. The minimum Gasteiger partial charge on any atom is -0.493 e. The van der Waals surface area contributed by atoms with Gasteiger partial charge in [-0.15, -0.1) is 0 Å². The van der Waals surface area contributed by atoms with Crippen LogP contribution in [0.15, 0.2) is 76.8 Å². The van der Waals surface area contributed by atoms with Gasteiger partial charge in [0.15, 0.2) is 11.5 Å². The molecule has 1 N–H and O–H groups in total. The number of amides is 4. The van der Waals surface area contributed by atoms with Crippen LogP contribution in [0.1, 0.15) is 11.1 Å². The number of methoxy groups -OCH3 is 1. The van der Waals surface area contributed by atoms with Gasteiger partial charge in [0, 0.05) is 9.50 Å². The molecule has 4 amide bonds. The Balaban J connectivity index is 1.65. The molecule has 1 fully saturated rings. The Kier molecular flexibility index (Phi) is 7.00. The summed E-state index contributed by atoms with van der Waals surface area (Å²) in [5, 5.41) is 2.65. The molecule has 0 bridgehead atoms. The Bertz CT molecular complexity index is 1290. The first kappa shape index (κ1) is 23.5. The largest absolute Gasteiger partial charge is 0.493 e. The smallest absolute Gasteiger partial charge is 0.335 e. The number of nitrogens with one attached hydrogen (secondary N) is 1. The number of ether oxygens (including phenoxy) is 2. The second-order valence-corrected chi connectivity index (χ2v) is 8.52. The van der Waals surface area contributed by atoms with Gasteiger partial charge in [0.05, 0.1) is 12.8 Å². The summed E-state index contributed by atoms with van der Waals surface area (Å²) in [6.07, 6.45) is 1.39. The van der Waals surface area contributed by atoms with Crippen LogP contribution < -0.4 is 19.7 Å². The van der Waals surface area contributed by atoms with E-state index in [4.69, 9.17) is 21.1 Å². The van der Waals surface area contributed by atoms with Crippen LogP contribution in [0.25, 0.3) is 6.08 Å². The maximum absolute atomic E-state index is 13.1. The highest BCUT2D eigenvalue weighted by Crippen LogP contribution is 2.35. The maximum atomic E-state index is 13.1. The number of hydrogen-bond acceptors (Lipinski definition) is 5. The molecule has 34 heavy (non-hydrogen) atoms. The van der Waals surface area contributed by atoms with Crippen molar-refractivity contribution in [2.75, 3.05) is 12.0 Å². The van der Waals surface area contributed by atoms with Gasteiger partial charge < -0.3 is 9.47 Å². The number of barbiturate groups is 1. The first-order chi connectivity index (χ1) is 16.4. The third kappa shape index (κ3) is 4.98. The van der Waals surface area contributed by atoms with Gasteiger partial charge in [0.1, 0.15) is 12.2 Å². The predicted molar refractivity (Wildman–Crippen MR) is 132 cm³/mol. The van der Waals surface area contributed by atoms with Gasteiger partial charge in [0.2, 0.25) is 0 Å². The summed E-state index contributed by atoms with van der Waals surface area (Å²) in [5.41, 5.74) is 1.55. The molecular weight excluding hydrogens is 524 g/mol. The number of rotatable bonds is 6. The van der Waals surface area contributed by atoms with E-state index >= 15 is 0 Å². The normalized spacial score (nSPS) is 14.9. The van der Waals surface area contributed by atoms with Gasteiger partial charge in [-0.1, -0.05) is 57.9 Å². The fraction of sp³-hybridized carbons (Fsp3) is 0.0800. The van der Waals surface area contributed by atoms with E-state index in [2.05, 4.69) is 21.2 Å². The second kappa shape index (κ2) is 10.1. The Morgan fingerprint density at radius 2 is 1.71 bits per heavy atom. The number of benzene rings is 3. The molecule has 0 spiro atoms. The van der Waals surface area contributed by atoms with Crippen molar-refractivity contribution in [1.82, 2.24) is 5.32 Å². The third-order valence-electron chi connectivity index (χ3n) is 5.01. The van der Waals surface area contributed by atoms with Gasteiger partial charge in [-0.05, 0) is 53.6 Å². The van der Waals surface area contributed by atoms with E-state index in [0.717, 1.165) is 10.5 Å². The van der Waals surface area contributed by atoms with E-state index in [9.17, 15) is 14.4 Å². The highest BCUT2D eigenvalue weighted by Gasteiger charge is 2.37. The second-order valence-electron chi connectivity index (χ2n) is 7.23. The lowest BCUT2D eigenvalue weighted by atomic mass is 10.1. The zero-order chi connectivity index (χ0) is 24.2. The quantitative estimate of drug-likeness (QED) is 0.336. The van der Waals surface area contributed by atoms with Crippen LogP contribution in [-0.2, 0) is 16.2 Å². The molecule has 4 rings (SSSR count). The monoisotopic (exact) mass is 540 g/mol. The molecular formula is C25H18BrClN2O5. The summed E-state index contributed by atoms with van der Waals surface area (Å²) in [6.45, 7) is 0.336. The molecule has 3 aromatic carbocycles. The Morgan fingerprint density at radius 3 is 2.38 bits per heavy atom. The lowest BCUT2D eigenvalue weighted by molar-refractivity contribution is -0.122. The van der Waals surface area contributed by atoms with E-state index in [1.807, 2.05) is 30.3 Å². The van der Waals surface area contributed by atoms with Crippen molar-refractivity contribution < 1.29 is 23.9 Å². The summed E-state index contributed by atoms with van der Waals surface area (Å²) < 4.78 is 11.9. The summed E-state index contributed by atoms with van der Waals surface area (Å²) >= 11 is 9.37. The predicted octanol–water partition coefficient (Wildman–Crippen LogP) is 5.36. The van der Waals surface area contributed by atoms with Crippen molar-refractivity contribution in [3.63, 3.8) is 0 Å². The van der Waals surface area contributed by atoms with Crippen LogP contribution >= 0.6 is 27.5 Å². The number of nitrogens with zero attached hydrogens (tertiary/aromatic N) is 1. The first-order valence-corrected chi connectivity index (χ1v) is 11.3. The van der Waals surface area contributed by atoms with Crippen molar-refractivity contribution in [3.8, 4) is 11.5 Å². The molecule has 7 nitrogen and oxygen atoms in total. The third-order valence-corrected chi connectivity index (χ3v) is 5.95. The van der Waals surface area contributed by atoms with Crippen molar-refractivity contribution in [1.29, 1.82) is 0 Å². The molecule has 1 heterocycles. The number of carbonyl (C=O) groups excluding carboxylic acids is 3. The minimum absolute atomic E-state index is 0.213. The molecule has 1 aliphatic heterocycles. The Hall–Kier alpha value is -3.62. The van der Waals surface area contributed by atoms with Gasteiger partial charge in [0.25, 0.3) is 11.8 Å². The lowest BCUT2D eigenvalue weighted by Crippen LogP contribution is -2.54. The van der Waals surface area contributed by atoms with E-state index in [0.29, 0.717) is 33.2 Å². The highest BCUT2D eigenvalue weighted by molar-refractivity contribution is 9.10. The van der Waals surface area contributed by atoms with Crippen LogP contribution in [-0.4, -0.2) is 25.0 Å². The van der Waals surface area contributed by atoms with Crippen LogP contribution in [0.2, 0.25) is 5.02 Å². The van der Waals surface area contributed by atoms with Crippen molar-refractivity contribution in [3.05, 3.63) is 92.9 Å². The fourth-order valence-electron chi connectivity index (χ4n) is 3.31. The Morgan fingerprint density at radius 1 is 1.00 bits per heavy atom. The van der Waals surface area contributed by atoms with E-state index in [-0.39, 0.29) is 11.3 Å². The van der Waals surface area contributed by atoms with Crippen LogP contribution in [0.3, 0.4) is 0 Å². The summed E-state index contributed by atoms with van der Waals surface area (Å²) in [5.74, 6) is -0.653. The Labute approximate surface area is 209 Å². The topological polar surface area (TPSA) is 84.9 Å². The molecule has 0 unspecified atom stereocenters. The molecule has 0 radical (unpaired) electrons. The number of carbonyl (C=O) groups is 3. The van der Waals surface area contributed by atoms with Gasteiger partial charge in [-0.2, -0.15) is 0 Å². The van der Waals surface area contributed by atoms with Crippen LogP contribution in [0, 0.1) is 0 Å².